The number of benzene rings is 2. The summed E-state index contributed by atoms with van der Waals surface area (Å²) in [4.78, 5) is 33.0. The van der Waals surface area contributed by atoms with Gasteiger partial charge < -0.3 is 19.5 Å². The lowest BCUT2D eigenvalue weighted by atomic mass is 9.73. The maximum absolute atomic E-state index is 13.4. The zero-order chi connectivity index (χ0) is 26.5. The fraction of sp³-hybridized carbons (Fsp3) is 0.516. The second kappa shape index (κ2) is 11.6. The Kier molecular flexibility index (Phi) is 8.01. The first-order chi connectivity index (χ1) is 18.4. The molecule has 5 rings (SSSR count). The molecule has 7 heteroatoms. The molecule has 3 heterocycles. The molecule has 1 spiro atoms. The van der Waals surface area contributed by atoms with E-state index in [0.717, 1.165) is 61.7 Å². The number of para-hydroxylation sites is 1. The van der Waals surface area contributed by atoms with Gasteiger partial charge in [-0.2, -0.15) is 0 Å². The zero-order valence-electron chi connectivity index (χ0n) is 22.8. The van der Waals surface area contributed by atoms with Crippen LogP contribution in [0.25, 0.3) is 11.0 Å². The molecule has 0 unspecified atom stereocenters. The Hall–Kier alpha value is -3.35. The lowest BCUT2D eigenvalue weighted by Gasteiger charge is -2.41. The van der Waals surface area contributed by atoms with Crippen molar-refractivity contribution in [3.8, 4) is 5.75 Å². The number of piperidine rings is 1. The number of aryl methyl sites for hydroxylation is 4. The summed E-state index contributed by atoms with van der Waals surface area (Å²) in [5.74, 6) is 1.27. The molecule has 0 bridgehead atoms. The second-order valence-electron chi connectivity index (χ2n) is 11.0. The summed E-state index contributed by atoms with van der Waals surface area (Å²) >= 11 is 0. The van der Waals surface area contributed by atoms with Gasteiger partial charge in [0.25, 0.3) is 0 Å². The van der Waals surface area contributed by atoms with Gasteiger partial charge in [-0.25, -0.2) is 4.98 Å². The number of likely N-dealkylation sites (tertiary alicyclic amines) is 1. The SMILES string of the molecule is Cc1cc2ncn(CCC(=O)N3CCC4(CCCCc5ccccc5OCCCNC4=O)CC3)c2cc1C. The van der Waals surface area contributed by atoms with E-state index >= 15 is 0 Å². The minimum atomic E-state index is -0.388. The third-order valence-electron chi connectivity index (χ3n) is 8.55. The molecule has 1 fully saturated rings. The number of nitrogens with zero attached hydrogens (tertiary/aromatic N) is 3. The molecular weight excluding hydrogens is 476 g/mol. The number of fused-ring (bicyclic) bond motifs is 2. The molecule has 2 aromatic carbocycles. The molecule has 0 aliphatic carbocycles. The van der Waals surface area contributed by atoms with E-state index in [2.05, 4.69) is 53.0 Å². The molecule has 202 valence electrons. The Morgan fingerprint density at radius 3 is 2.68 bits per heavy atom. The van der Waals surface area contributed by atoms with Crippen molar-refractivity contribution in [3.63, 3.8) is 0 Å². The number of carbonyl (C=O) groups is 2. The second-order valence-corrected chi connectivity index (χ2v) is 11.0. The first-order valence-electron chi connectivity index (χ1n) is 14.1. The van der Waals surface area contributed by atoms with E-state index in [9.17, 15) is 9.59 Å². The smallest absolute Gasteiger partial charge is 0.226 e. The highest BCUT2D eigenvalue weighted by atomic mass is 16.5. The molecule has 2 amide bonds. The van der Waals surface area contributed by atoms with Gasteiger partial charge >= 0.3 is 0 Å². The molecule has 3 aromatic rings. The molecule has 0 atom stereocenters. The van der Waals surface area contributed by atoms with Crippen LogP contribution in [0.1, 0.15) is 61.6 Å². The summed E-state index contributed by atoms with van der Waals surface area (Å²) in [6.45, 7) is 7.30. The highest BCUT2D eigenvalue weighted by Gasteiger charge is 2.41. The van der Waals surface area contributed by atoms with Gasteiger partial charge in [-0.05, 0) is 87.3 Å². The minimum absolute atomic E-state index is 0.150. The first-order valence-corrected chi connectivity index (χ1v) is 14.1. The molecule has 1 saturated heterocycles. The highest BCUT2D eigenvalue weighted by Crippen LogP contribution is 2.38. The Morgan fingerprint density at radius 2 is 1.84 bits per heavy atom. The molecule has 1 N–H and O–H groups in total. The van der Waals surface area contributed by atoms with Crippen LogP contribution in [0.15, 0.2) is 42.7 Å². The number of aromatic nitrogens is 2. The van der Waals surface area contributed by atoms with Crippen molar-refractivity contribution in [2.45, 2.75) is 71.8 Å². The molecule has 1 aromatic heterocycles. The number of imidazole rings is 1. The van der Waals surface area contributed by atoms with Crippen molar-refractivity contribution in [1.29, 1.82) is 0 Å². The molecule has 38 heavy (non-hydrogen) atoms. The summed E-state index contributed by atoms with van der Waals surface area (Å²) in [5, 5.41) is 3.19. The fourth-order valence-electron chi connectivity index (χ4n) is 5.91. The zero-order valence-corrected chi connectivity index (χ0v) is 22.8. The summed E-state index contributed by atoms with van der Waals surface area (Å²) in [6.07, 6.45) is 8.35. The lowest BCUT2D eigenvalue weighted by molar-refractivity contribution is -0.141. The van der Waals surface area contributed by atoms with Gasteiger partial charge in [0.05, 0.1) is 29.4 Å². The van der Waals surface area contributed by atoms with Crippen molar-refractivity contribution < 1.29 is 14.3 Å². The van der Waals surface area contributed by atoms with Gasteiger partial charge in [0.15, 0.2) is 0 Å². The molecule has 0 saturated carbocycles. The van der Waals surface area contributed by atoms with E-state index in [1.165, 1.54) is 16.7 Å². The predicted molar refractivity (Wildman–Crippen MR) is 149 cm³/mol. The van der Waals surface area contributed by atoms with Crippen LogP contribution in [-0.2, 0) is 22.6 Å². The molecule has 2 aliphatic heterocycles. The Bertz CT molecular complexity index is 1290. The fourth-order valence-corrected chi connectivity index (χ4v) is 5.91. The standard InChI is InChI=1S/C31H40N4O3/c1-23-20-26-27(21-24(23)2)35(22-33-26)16-11-29(36)34-17-13-31(14-18-34)12-6-5-9-25-8-3-4-10-28(25)38-19-7-15-32-30(31)37/h3-4,8,10,20-22H,5-7,9,11-19H2,1-2H3,(H,32,37). The average molecular weight is 517 g/mol. The summed E-state index contributed by atoms with van der Waals surface area (Å²) < 4.78 is 8.08. The van der Waals surface area contributed by atoms with E-state index in [4.69, 9.17) is 4.74 Å². The quantitative estimate of drug-likeness (QED) is 0.534. The van der Waals surface area contributed by atoms with Crippen molar-refractivity contribution in [2.24, 2.45) is 5.41 Å². The average Bonchev–Trinajstić information content (AvgIpc) is 3.31. The summed E-state index contributed by atoms with van der Waals surface area (Å²) in [6, 6.07) is 12.5. The third kappa shape index (κ3) is 5.71. The predicted octanol–water partition coefficient (Wildman–Crippen LogP) is 4.96. The van der Waals surface area contributed by atoms with Crippen LogP contribution < -0.4 is 10.1 Å². The maximum atomic E-state index is 13.4. The molecule has 2 aliphatic rings. The number of carbonyl (C=O) groups excluding carboxylic acids is 2. The number of hydrogen-bond donors (Lipinski definition) is 1. The largest absolute Gasteiger partial charge is 0.493 e. The van der Waals surface area contributed by atoms with Crippen LogP contribution in [-0.4, -0.2) is 52.5 Å². The van der Waals surface area contributed by atoms with Crippen LogP contribution in [0.4, 0.5) is 0 Å². The van der Waals surface area contributed by atoms with Crippen LogP contribution in [0.3, 0.4) is 0 Å². The molecular formula is C31H40N4O3. The number of ether oxygens (including phenoxy) is 1. The molecule has 7 nitrogen and oxygen atoms in total. The van der Waals surface area contributed by atoms with Gasteiger partial charge in [0, 0.05) is 32.6 Å². The van der Waals surface area contributed by atoms with Crippen LogP contribution >= 0.6 is 0 Å². The maximum Gasteiger partial charge on any atom is 0.226 e. The van der Waals surface area contributed by atoms with Gasteiger partial charge in [-0.15, -0.1) is 0 Å². The van der Waals surface area contributed by atoms with E-state index < -0.39 is 0 Å². The first kappa shape index (κ1) is 26.3. The van der Waals surface area contributed by atoms with Crippen molar-refractivity contribution in [3.05, 3.63) is 59.4 Å². The lowest BCUT2D eigenvalue weighted by Crippen LogP contribution is -2.50. The monoisotopic (exact) mass is 516 g/mol. The number of rotatable bonds is 3. The summed E-state index contributed by atoms with van der Waals surface area (Å²) in [7, 11) is 0. The topological polar surface area (TPSA) is 76.5 Å². The van der Waals surface area contributed by atoms with E-state index in [1.54, 1.807) is 0 Å². The van der Waals surface area contributed by atoms with E-state index in [0.29, 0.717) is 39.2 Å². The van der Waals surface area contributed by atoms with Gasteiger partial charge in [0.2, 0.25) is 11.8 Å². The molecule has 0 radical (unpaired) electrons. The normalized spacial score (nSPS) is 18.6. The van der Waals surface area contributed by atoms with Crippen LogP contribution in [0.5, 0.6) is 5.75 Å². The van der Waals surface area contributed by atoms with Gasteiger partial charge in [-0.3, -0.25) is 9.59 Å². The summed E-state index contributed by atoms with van der Waals surface area (Å²) in [5.41, 5.74) is 5.37. The number of amides is 2. The van der Waals surface area contributed by atoms with E-state index in [1.807, 2.05) is 23.4 Å². The van der Waals surface area contributed by atoms with Crippen LogP contribution in [0.2, 0.25) is 0 Å². The number of hydrogen-bond acceptors (Lipinski definition) is 4. The van der Waals surface area contributed by atoms with Crippen LogP contribution in [0, 0.1) is 19.3 Å². The van der Waals surface area contributed by atoms with Crippen molar-refractivity contribution in [1.82, 2.24) is 19.8 Å². The Morgan fingerprint density at radius 1 is 1.05 bits per heavy atom. The van der Waals surface area contributed by atoms with Gasteiger partial charge in [0.1, 0.15) is 5.75 Å². The van der Waals surface area contributed by atoms with Gasteiger partial charge in [-0.1, -0.05) is 24.6 Å². The minimum Gasteiger partial charge on any atom is -0.493 e. The highest BCUT2D eigenvalue weighted by molar-refractivity contribution is 5.83. The Balaban J connectivity index is 1.18. The van der Waals surface area contributed by atoms with E-state index in [-0.39, 0.29) is 17.2 Å². The van der Waals surface area contributed by atoms with Crippen molar-refractivity contribution >= 4 is 22.8 Å². The number of nitrogens with one attached hydrogen (secondary N) is 1. The Labute approximate surface area is 225 Å². The third-order valence-corrected chi connectivity index (χ3v) is 8.55. The van der Waals surface area contributed by atoms with Crippen molar-refractivity contribution in [2.75, 3.05) is 26.2 Å².